The summed E-state index contributed by atoms with van der Waals surface area (Å²) in [6, 6.07) is 0. The average molecular weight is 290 g/mol. The van der Waals surface area contributed by atoms with Crippen LogP contribution in [0.15, 0.2) is 6.33 Å². The van der Waals surface area contributed by atoms with Crippen LogP contribution in [0.2, 0.25) is 0 Å². The van der Waals surface area contributed by atoms with E-state index in [-0.39, 0.29) is 11.9 Å². The molecule has 2 aromatic heterocycles. The maximum Gasteiger partial charge on any atom is 0.310 e. The van der Waals surface area contributed by atoms with E-state index < -0.39 is 0 Å². The molecule has 0 amide bonds. The van der Waals surface area contributed by atoms with Crippen LogP contribution in [-0.2, 0) is 16.6 Å². The van der Waals surface area contributed by atoms with Gasteiger partial charge in [-0.05, 0) is 19.8 Å². The van der Waals surface area contributed by atoms with Gasteiger partial charge in [0.05, 0.1) is 12.5 Å². The summed E-state index contributed by atoms with van der Waals surface area (Å²) >= 11 is 0. The summed E-state index contributed by atoms with van der Waals surface area (Å²) < 4.78 is 6.75. The van der Waals surface area contributed by atoms with Gasteiger partial charge in [0, 0.05) is 20.1 Å². The first-order valence-corrected chi connectivity index (χ1v) is 7.12. The average Bonchev–Trinajstić information content (AvgIpc) is 2.89. The molecule has 1 aliphatic heterocycles. The molecule has 2 aromatic rings. The molecule has 3 heterocycles. The Morgan fingerprint density at radius 2 is 2.33 bits per heavy atom. The molecule has 0 aliphatic carbocycles. The number of rotatable bonds is 3. The summed E-state index contributed by atoms with van der Waals surface area (Å²) in [6.07, 6.45) is 3.29. The SMILES string of the molecule is CCOC(=O)[C@@H]1CCCN(c2ncnc3c2nnn3C)C1. The van der Waals surface area contributed by atoms with E-state index in [1.54, 1.807) is 11.7 Å². The fourth-order valence-electron chi connectivity index (χ4n) is 2.69. The van der Waals surface area contributed by atoms with Crippen molar-refractivity contribution in [2.45, 2.75) is 19.8 Å². The molecule has 0 unspecified atom stereocenters. The topological polar surface area (TPSA) is 86.0 Å². The van der Waals surface area contributed by atoms with E-state index >= 15 is 0 Å². The lowest BCUT2D eigenvalue weighted by Gasteiger charge is -2.32. The van der Waals surface area contributed by atoms with Crippen LogP contribution < -0.4 is 4.90 Å². The Kier molecular flexibility index (Phi) is 3.68. The summed E-state index contributed by atoms with van der Waals surface area (Å²) in [4.78, 5) is 22.5. The predicted octanol–water partition coefficient (Wildman–Crippen LogP) is 0.538. The Morgan fingerprint density at radius 1 is 1.48 bits per heavy atom. The number of carbonyl (C=O) groups excluding carboxylic acids is 1. The van der Waals surface area contributed by atoms with Crippen LogP contribution in [0.1, 0.15) is 19.8 Å². The number of aromatic nitrogens is 5. The second-order valence-electron chi connectivity index (χ2n) is 5.12. The second-order valence-corrected chi connectivity index (χ2v) is 5.12. The third kappa shape index (κ3) is 2.53. The largest absolute Gasteiger partial charge is 0.466 e. The molecule has 1 atom stereocenters. The minimum absolute atomic E-state index is 0.111. The molecule has 8 nitrogen and oxygen atoms in total. The van der Waals surface area contributed by atoms with Crippen LogP contribution >= 0.6 is 0 Å². The molecule has 112 valence electrons. The van der Waals surface area contributed by atoms with Gasteiger partial charge < -0.3 is 9.64 Å². The molecule has 0 N–H and O–H groups in total. The van der Waals surface area contributed by atoms with E-state index in [0.717, 1.165) is 25.2 Å². The van der Waals surface area contributed by atoms with Gasteiger partial charge in [-0.25, -0.2) is 14.6 Å². The van der Waals surface area contributed by atoms with E-state index in [0.29, 0.717) is 24.3 Å². The molecule has 8 heteroatoms. The Labute approximate surface area is 122 Å². The van der Waals surface area contributed by atoms with Crippen molar-refractivity contribution >= 4 is 23.0 Å². The Balaban J connectivity index is 1.86. The van der Waals surface area contributed by atoms with E-state index in [9.17, 15) is 4.79 Å². The second kappa shape index (κ2) is 5.63. The highest BCUT2D eigenvalue weighted by Gasteiger charge is 2.29. The van der Waals surface area contributed by atoms with E-state index in [4.69, 9.17) is 4.74 Å². The van der Waals surface area contributed by atoms with Gasteiger partial charge in [-0.2, -0.15) is 0 Å². The first-order chi connectivity index (χ1) is 10.2. The maximum absolute atomic E-state index is 11.9. The van der Waals surface area contributed by atoms with Crippen LogP contribution in [0.5, 0.6) is 0 Å². The van der Waals surface area contributed by atoms with Gasteiger partial charge in [0.1, 0.15) is 6.33 Å². The number of esters is 1. The Hall–Kier alpha value is -2.25. The van der Waals surface area contributed by atoms with Crippen molar-refractivity contribution in [1.82, 2.24) is 25.0 Å². The highest BCUT2D eigenvalue weighted by atomic mass is 16.5. The number of piperidine rings is 1. The summed E-state index contributed by atoms with van der Waals surface area (Å²) in [5.74, 6) is 0.495. The van der Waals surface area contributed by atoms with Crippen molar-refractivity contribution in [3.05, 3.63) is 6.33 Å². The lowest BCUT2D eigenvalue weighted by molar-refractivity contribution is -0.148. The number of hydrogen-bond acceptors (Lipinski definition) is 7. The lowest BCUT2D eigenvalue weighted by Crippen LogP contribution is -2.40. The number of nitrogens with zero attached hydrogens (tertiary/aromatic N) is 6. The van der Waals surface area contributed by atoms with Crippen molar-refractivity contribution in [2.24, 2.45) is 13.0 Å². The molecule has 0 spiro atoms. The van der Waals surface area contributed by atoms with Crippen LogP contribution in [0.25, 0.3) is 11.2 Å². The highest BCUT2D eigenvalue weighted by molar-refractivity contribution is 5.83. The van der Waals surface area contributed by atoms with Gasteiger partial charge in [-0.3, -0.25) is 4.79 Å². The smallest absolute Gasteiger partial charge is 0.310 e. The highest BCUT2D eigenvalue weighted by Crippen LogP contribution is 2.26. The fraction of sp³-hybridized carbons (Fsp3) is 0.615. The van der Waals surface area contributed by atoms with Crippen molar-refractivity contribution in [1.29, 1.82) is 0 Å². The van der Waals surface area contributed by atoms with Gasteiger partial charge >= 0.3 is 5.97 Å². The Bertz CT molecular complexity index is 655. The van der Waals surface area contributed by atoms with E-state index in [1.807, 2.05) is 6.92 Å². The third-order valence-corrected chi connectivity index (χ3v) is 3.71. The molecule has 0 radical (unpaired) electrons. The third-order valence-electron chi connectivity index (χ3n) is 3.71. The van der Waals surface area contributed by atoms with Crippen LogP contribution in [0, 0.1) is 5.92 Å². The normalized spacial score (nSPS) is 19.0. The first-order valence-electron chi connectivity index (χ1n) is 7.12. The van der Waals surface area contributed by atoms with Crippen LogP contribution in [0.3, 0.4) is 0 Å². The van der Waals surface area contributed by atoms with Crippen molar-refractivity contribution in [2.75, 3.05) is 24.6 Å². The number of hydrogen-bond donors (Lipinski definition) is 0. The quantitative estimate of drug-likeness (QED) is 0.762. The minimum atomic E-state index is -0.133. The predicted molar refractivity (Wildman–Crippen MR) is 75.7 cm³/mol. The summed E-state index contributed by atoms with van der Waals surface area (Å²) in [5, 5.41) is 8.11. The van der Waals surface area contributed by atoms with Crippen molar-refractivity contribution in [3.8, 4) is 0 Å². The van der Waals surface area contributed by atoms with E-state index in [1.165, 1.54) is 6.33 Å². The number of ether oxygens (including phenoxy) is 1. The van der Waals surface area contributed by atoms with Gasteiger partial charge in [-0.1, -0.05) is 5.21 Å². The van der Waals surface area contributed by atoms with Crippen LogP contribution in [0.4, 0.5) is 5.82 Å². The van der Waals surface area contributed by atoms with Gasteiger partial charge in [-0.15, -0.1) is 5.10 Å². The summed E-state index contributed by atoms with van der Waals surface area (Å²) in [7, 11) is 1.80. The number of carbonyl (C=O) groups is 1. The summed E-state index contributed by atoms with van der Waals surface area (Å²) in [6.45, 7) is 3.68. The molecule has 0 aromatic carbocycles. The standard InChI is InChI=1S/C13H18N6O2/c1-3-21-13(20)9-5-4-6-19(7-9)12-10-11(14-8-15-12)18(2)17-16-10/h8-9H,3-7H2,1-2H3/t9-/m1/s1. The monoisotopic (exact) mass is 290 g/mol. The minimum Gasteiger partial charge on any atom is -0.466 e. The maximum atomic E-state index is 11.9. The molecule has 0 saturated carbocycles. The fourth-order valence-corrected chi connectivity index (χ4v) is 2.69. The molecule has 1 aliphatic rings. The van der Waals surface area contributed by atoms with Crippen molar-refractivity contribution < 1.29 is 9.53 Å². The zero-order valence-corrected chi connectivity index (χ0v) is 12.2. The zero-order chi connectivity index (χ0) is 14.8. The summed E-state index contributed by atoms with van der Waals surface area (Å²) in [5.41, 5.74) is 1.36. The molecule has 0 bridgehead atoms. The van der Waals surface area contributed by atoms with Gasteiger partial charge in [0.2, 0.25) is 0 Å². The molecular weight excluding hydrogens is 272 g/mol. The van der Waals surface area contributed by atoms with Crippen molar-refractivity contribution in [3.63, 3.8) is 0 Å². The molecule has 21 heavy (non-hydrogen) atoms. The zero-order valence-electron chi connectivity index (χ0n) is 12.2. The van der Waals surface area contributed by atoms with E-state index in [2.05, 4.69) is 25.2 Å². The first kappa shape index (κ1) is 13.7. The van der Waals surface area contributed by atoms with Gasteiger partial charge in [0.25, 0.3) is 0 Å². The molecule has 1 fully saturated rings. The number of fused-ring (bicyclic) bond motifs is 1. The molecular formula is C13H18N6O2. The lowest BCUT2D eigenvalue weighted by atomic mass is 9.98. The van der Waals surface area contributed by atoms with Gasteiger partial charge in [0.15, 0.2) is 17.0 Å². The molecule has 3 rings (SSSR count). The number of anilines is 1. The Morgan fingerprint density at radius 3 is 3.14 bits per heavy atom. The molecule has 1 saturated heterocycles. The number of aryl methyl sites for hydroxylation is 1. The van der Waals surface area contributed by atoms with Crippen LogP contribution in [-0.4, -0.2) is 50.6 Å².